The van der Waals surface area contributed by atoms with Crippen LogP contribution in [-0.2, 0) is 14.3 Å². The lowest BCUT2D eigenvalue weighted by molar-refractivity contribution is -0.139. The number of ether oxygens (including phenoxy) is 2. The maximum atomic E-state index is 12.1. The van der Waals surface area contributed by atoms with E-state index in [2.05, 4.69) is 15.3 Å². The van der Waals surface area contributed by atoms with E-state index < -0.39 is 12.0 Å². The average molecular weight is 275 g/mol. The minimum absolute atomic E-state index is 0.311. The zero-order valence-corrected chi connectivity index (χ0v) is 11.7. The molecule has 1 aliphatic rings. The molecule has 2 rings (SSSR count). The molecule has 0 aromatic carbocycles. The number of aliphatic imine (C=N–C) groups is 1. The fraction of sp³-hybridized carbons (Fsp3) is 0.357. The second kappa shape index (κ2) is 6.18. The number of nitrogens with one attached hydrogen (secondary N) is 1. The lowest BCUT2D eigenvalue weighted by Gasteiger charge is -2.24. The topological polar surface area (TPSA) is 72.8 Å². The fourth-order valence-corrected chi connectivity index (χ4v) is 1.98. The molecule has 1 unspecified atom stereocenters. The number of hydrogen-bond donors (Lipinski definition) is 1. The summed E-state index contributed by atoms with van der Waals surface area (Å²) in [6, 6.07) is 5.31. The van der Waals surface area contributed by atoms with Gasteiger partial charge in [-0.25, -0.2) is 9.79 Å². The smallest absolute Gasteiger partial charge is 0.338 e. The molecule has 6 nitrogen and oxygen atoms in total. The van der Waals surface area contributed by atoms with Gasteiger partial charge in [-0.1, -0.05) is 6.07 Å². The Balaban J connectivity index is 2.43. The fourth-order valence-electron chi connectivity index (χ4n) is 1.98. The van der Waals surface area contributed by atoms with E-state index in [1.165, 1.54) is 7.11 Å². The molecule has 0 bridgehead atoms. The van der Waals surface area contributed by atoms with Gasteiger partial charge in [-0.15, -0.1) is 0 Å². The Hall–Kier alpha value is -2.37. The largest absolute Gasteiger partial charge is 0.468 e. The van der Waals surface area contributed by atoms with Crippen molar-refractivity contribution in [3.05, 3.63) is 41.4 Å². The van der Waals surface area contributed by atoms with E-state index in [1.807, 2.05) is 18.2 Å². The molecule has 2 heterocycles. The minimum atomic E-state index is -0.522. The predicted octanol–water partition coefficient (Wildman–Crippen LogP) is 1.57. The molecule has 6 heteroatoms. The second-order valence-electron chi connectivity index (χ2n) is 4.18. The summed E-state index contributed by atoms with van der Waals surface area (Å²) in [5, 5.41) is 2.93. The summed E-state index contributed by atoms with van der Waals surface area (Å²) in [6.45, 7) is 3.87. The molecule has 0 amide bonds. The molecule has 106 valence electrons. The van der Waals surface area contributed by atoms with Crippen molar-refractivity contribution < 1.29 is 14.3 Å². The second-order valence-corrected chi connectivity index (χ2v) is 4.18. The Kier molecular flexibility index (Phi) is 4.34. The molecule has 1 N–H and O–H groups in total. The van der Waals surface area contributed by atoms with Crippen molar-refractivity contribution in [3.63, 3.8) is 0 Å². The Morgan fingerprint density at radius 3 is 2.85 bits per heavy atom. The van der Waals surface area contributed by atoms with E-state index in [0.717, 1.165) is 0 Å². The first-order valence-corrected chi connectivity index (χ1v) is 6.35. The van der Waals surface area contributed by atoms with Crippen molar-refractivity contribution in [1.29, 1.82) is 0 Å². The van der Waals surface area contributed by atoms with Gasteiger partial charge in [0, 0.05) is 11.9 Å². The van der Waals surface area contributed by atoms with Crippen LogP contribution < -0.4 is 5.32 Å². The molecule has 1 aromatic heterocycles. The van der Waals surface area contributed by atoms with E-state index in [4.69, 9.17) is 9.47 Å². The van der Waals surface area contributed by atoms with Crippen LogP contribution in [0.25, 0.3) is 0 Å². The number of amidine groups is 1. The van der Waals surface area contributed by atoms with Gasteiger partial charge in [0.15, 0.2) is 0 Å². The van der Waals surface area contributed by atoms with Crippen LogP contribution in [0.2, 0.25) is 0 Å². The van der Waals surface area contributed by atoms with Crippen molar-refractivity contribution in [3.8, 4) is 0 Å². The third-order valence-electron chi connectivity index (χ3n) is 2.87. The highest BCUT2D eigenvalue weighted by molar-refractivity contribution is 5.94. The van der Waals surface area contributed by atoms with E-state index in [0.29, 0.717) is 29.6 Å². The van der Waals surface area contributed by atoms with Gasteiger partial charge in [0.05, 0.1) is 25.0 Å². The summed E-state index contributed by atoms with van der Waals surface area (Å²) in [5.41, 5.74) is 1.78. The summed E-state index contributed by atoms with van der Waals surface area (Å²) < 4.78 is 10.2. The minimum Gasteiger partial charge on any atom is -0.468 e. The number of rotatable bonds is 3. The first-order chi connectivity index (χ1) is 9.67. The lowest BCUT2D eigenvalue weighted by Crippen LogP contribution is -2.33. The number of carbonyl (C=O) groups excluding carboxylic acids is 1. The SMILES string of the molecule is CCOC(=O)C1=C(C)NC(OC)=NC1c1ccccn1. The van der Waals surface area contributed by atoms with Crippen molar-refractivity contribution in [1.82, 2.24) is 10.3 Å². The van der Waals surface area contributed by atoms with Gasteiger partial charge in [-0.3, -0.25) is 4.98 Å². The highest BCUT2D eigenvalue weighted by Crippen LogP contribution is 2.30. The number of esters is 1. The molecule has 1 atom stereocenters. The number of hydrogen-bond acceptors (Lipinski definition) is 6. The van der Waals surface area contributed by atoms with Crippen LogP contribution in [0.3, 0.4) is 0 Å². The molecular formula is C14H17N3O3. The van der Waals surface area contributed by atoms with Gasteiger partial charge in [-0.2, -0.15) is 0 Å². The quantitative estimate of drug-likeness (QED) is 0.848. The van der Waals surface area contributed by atoms with Crippen LogP contribution in [-0.4, -0.2) is 30.7 Å². The predicted molar refractivity (Wildman–Crippen MR) is 73.9 cm³/mol. The summed E-state index contributed by atoms with van der Waals surface area (Å²) in [7, 11) is 1.52. The van der Waals surface area contributed by atoms with Crippen molar-refractivity contribution in [2.24, 2.45) is 4.99 Å². The number of allylic oxidation sites excluding steroid dienone is 1. The number of nitrogens with zero attached hydrogens (tertiary/aromatic N) is 2. The Labute approximate surface area is 117 Å². The third kappa shape index (κ3) is 2.79. The Morgan fingerprint density at radius 1 is 1.45 bits per heavy atom. The van der Waals surface area contributed by atoms with Gasteiger partial charge >= 0.3 is 5.97 Å². The summed E-state index contributed by atoms with van der Waals surface area (Å²) in [6.07, 6.45) is 1.66. The van der Waals surface area contributed by atoms with Crippen molar-refractivity contribution in [2.75, 3.05) is 13.7 Å². The standard InChI is InChI=1S/C14H17N3O3/c1-4-20-13(18)11-9(2)16-14(19-3)17-12(11)10-7-5-6-8-15-10/h5-8,12H,4H2,1-3H3,(H,16,17). The first kappa shape index (κ1) is 14.0. The number of carbonyl (C=O) groups is 1. The van der Waals surface area contributed by atoms with Crippen LogP contribution in [0.4, 0.5) is 0 Å². The lowest BCUT2D eigenvalue weighted by atomic mass is 10.0. The van der Waals surface area contributed by atoms with Gasteiger partial charge in [-0.05, 0) is 26.0 Å². The van der Waals surface area contributed by atoms with E-state index in [1.54, 1.807) is 20.0 Å². The van der Waals surface area contributed by atoms with Gasteiger partial charge < -0.3 is 14.8 Å². The molecule has 0 fully saturated rings. The Morgan fingerprint density at radius 2 is 2.25 bits per heavy atom. The van der Waals surface area contributed by atoms with E-state index in [9.17, 15) is 4.79 Å². The number of pyridine rings is 1. The summed E-state index contributed by atoms with van der Waals surface area (Å²) in [4.78, 5) is 20.8. The van der Waals surface area contributed by atoms with E-state index in [-0.39, 0.29) is 0 Å². The zero-order chi connectivity index (χ0) is 14.5. The molecule has 0 radical (unpaired) electrons. The maximum Gasteiger partial charge on any atom is 0.338 e. The summed E-state index contributed by atoms with van der Waals surface area (Å²) >= 11 is 0. The maximum absolute atomic E-state index is 12.1. The van der Waals surface area contributed by atoms with Gasteiger partial charge in [0.2, 0.25) is 0 Å². The highest BCUT2D eigenvalue weighted by Gasteiger charge is 2.31. The molecule has 0 saturated heterocycles. The van der Waals surface area contributed by atoms with Crippen LogP contribution >= 0.6 is 0 Å². The molecule has 0 spiro atoms. The average Bonchev–Trinajstić information content (AvgIpc) is 2.47. The van der Waals surface area contributed by atoms with Crippen LogP contribution in [0.1, 0.15) is 25.6 Å². The van der Waals surface area contributed by atoms with Crippen LogP contribution in [0, 0.1) is 0 Å². The van der Waals surface area contributed by atoms with Gasteiger partial charge in [0.1, 0.15) is 6.04 Å². The van der Waals surface area contributed by atoms with Gasteiger partial charge in [0.25, 0.3) is 6.02 Å². The van der Waals surface area contributed by atoms with Crippen molar-refractivity contribution >= 4 is 12.0 Å². The summed E-state index contributed by atoms with van der Waals surface area (Å²) in [5.74, 6) is -0.396. The molecule has 1 aliphatic heterocycles. The third-order valence-corrected chi connectivity index (χ3v) is 2.87. The molecular weight excluding hydrogens is 258 g/mol. The molecule has 1 aromatic rings. The Bertz CT molecular complexity index is 552. The number of methoxy groups -OCH3 is 1. The number of aromatic nitrogens is 1. The normalized spacial score (nSPS) is 18.1. The highest BCUT2D eigenvalue weighted by atomic mass is 16.5. The van der Waals surface area contributed by atoms with Crippen LogP contribution in [0.15, 0.2) is 40.7 Å². The molecule has 0 saturated carbocycles. The van der Waals surface area contributed by atoms with Crippen LogP contribution in [0.5, 0.6) is 0 Å². The van der Waals surface area contributed by atoms with E-state index >= 15 is 0 Å². The monoisotopic (exact) mass is 275 g/mol. The molecule has 0 aliphatic carbocycles. The molecule has 20 heavy (non-hydrogen) atoms. The zero-order valence-electron chi connectivity index (χ0n) is 11.7. The van der Waals surface area contributed by atoms with Crippen molar-refractivity contribution in [2.45, 2.75) is 19.9 Å². The first-order valence-electron chi connectivity index (χ1n) is 6.35.